The van der Waals surface area contributed by atoms with Gasteiger partial charge in [0.15, 0.2) is 9.84 Å². The fourth-order valence-electron chi connectivity index (χ4n) is 6.27. The Hall–Kier alpha value is -3.71. The molecule has 41 heavy (non-hydrogen) atoms. The van der Waals surface area contributed by atoms with Crippen LogP contribution in [0.1, 0.15) is 55.8 Å². The molecule has 3 aliphatic rings. The highest BCUT2D eigenvalue weighted by atomic mass is 32.2. The van der Waals surface area contributed by atoms with Crippen molar-refractivity contribution in [1.29, 1.82) is 5.26 Å². The molecule has 0 unspecified atom stereocenters. The van der Waals surface area contributed by atoms with Gasteiger partial charge in [0.05, 0.1) is 29.0 Å². The SMILES string of the molecule is Cc1c(-c2ccc(N3CCS(=O)(=O)CC3)cc2)c([C@@H]2CCCC[C@H]2C(=O)NC2(C#N)CC2)nn1-c1ccc(F)cc1. The van der Waals surface area contributed by atoms with Crippen molar-refractivity contribution < 1.29 is 17.6 Å². The number of rotatable bonds is 6. The average Bonchev–Trinajstić information content (AvgIpc) is 3.67. The van der Waals surface area contributed by atoms with Gasteiger partial charge in [0.25, 0.3) is 0 Å². The number of carbonyl (C=O) groups excluding carboxylic acids is 1. The number of nitrogens with one attached hydrogen (secondary N) is 1. The second-order valence-electron chi connectivity index (χ2n) is 11.6. The molecule has 3 fully saturated rings. The minimum atomic E-state index is -2.97. The van der Waals surface area contributed by atoms with E-state index in [9.17, 15) is 22.9 Å². The lowest BCUT2D eigenvalue weighted by Gasteiger charge is -2.31. The lowest BCUT2D eigenvalue weighted by atomic mass is 9.75. The zero-order valence-electron chi connectivity index (χ0n) is 23.1. The van der Waals surface area contributed by atoms with Crippen molar-refractivity contribution in [3.63, 3.8) is 0 Å². The molecule has 2 aliphatic carbocycles. The van der Waals surface area contributed by atoms with Crippen molar-refractivity contribution in [2.45, 2.75) is 56.9 Å². The topological polar surface area (TPSA) is 108 Å². The first-order valence-corrected chi connectivity index (χ1v) is 16.2. The minimum absolute atomic E-state index is 0.0796. The van der Waals surface area contributed by atoms with Gasteiger partial charge in [-0.25, -0.2) is 17.5 Å². The van der Waals surface area contributed by atoms with Crippen LogP contribution in [0.15, 0.2) is 48.5 Å². The van der Waals surface area contributed by atoms with Gasteiger partial charge in [0, 0.05) is 41.9 Å². The molecule has 1 aliphatic heterocycles. The van der Waals surface area contributed by atoms with Crippen molar-refractivity contribution in [2.75, 3.05) is 29.5 Å². The number of nitrogens with zero attached hydrogens (tertiary/aromatic N) is 4. The monoisotopic (exact) mass is 575 g/mol. The molecule has 2 aromatic carbocycles. The van der Waals surface area contributed by atoms with E-state index in [1.807, 2.05) is 35.9 Å². The maximum absolute atomic E-state index is 13.8. The summed E-state index contributed by atoms with van der Waals surface area (Å²) < 4.78 is 39.4. The molecule has 0 radical (unpaired) electrons. The maximum Gasteiger partial charge on any atom is 0.225 e. The highest BCUT2D eigenvalue weighted by Gasteiger charge is 2.47. The van der Waals surface area contributed by atoms with Crippen molar-refractivity contribution in [2.24, 2.45) is 5.92 Å². The first kappa shape index (κ1) is 27.5. The zero-order valence-corrected chi connectivity index (χ0v) is 24.0. The molecule has 10 heteroatoms. The third kappa shape index (κ3) is 5.47. The summed E-state index contributed by atoms with van der Waals surface area (Å²) >= 11 is 0. The predicted octanol–water partition coefficient (Wildman–Crippen LogP) is 4.67. The lowest BCUT2D eigenvalue weighted by Crippen LogP contribution is -2.42. The molecule has 2 atom stereocenters. The third-order valence-electron chi connectivity index (χ3n) is 8.86. The summed E-state index contributed by atoms with van der Waals surface area (Å²) in [6, 6.07) is 16.6. The van der Waals surface area contributed by atoms with Crippen LogP contribution in [0.4, 0.5) is 10.1 Å². The molecular weight excluding hydrogens is 541 g/mol. The van der Waals surface area contributed by atoms with Crippen LogP contribution >= 0.6 is 0 Å². The van der Waals surface area contributed by atoms with Crippen LogP contribution in [-0.2, 0) is 14.6 Å². The van der Waals surface area contributed by atoms with Gasteiger partial charge in [-0.1, -0.05) is 25.0 Å². The van der Waals surface area contributed by atoms with Gasteiger partial charge in [-0.15, -0.1) is 0 Å². The summed E-state index contributed by atoms with van der Waals surface area (Å²) in [6.45, 7) is 2.93. The maximum atomic E-state index is 13.8. The summed E-state index contributed by atoms with van der Waals surface area (Å²) in [7, 11) is -2.97. The molecule has 0 spiro atoms. The minimum Gasteiger partial charge on any atom is -0.369 e. The zero-order chi connectivity index (χ0) is 28.8. The van der Waals surface area contributed by atoms with Crippen LogP contribution in [0, 0.1) is 30.0 Å². The number of carbonyl (C=O) groups is 1. The molecule has 8 nitrogen and oxygen atoms in total. The van der Waals surface area contributed by atoms with Crippen molar-refractivity contribution in [3.05, 3.63) is 65.7 Å². The van der Waals surface area contributed by atoms with E-state index in [-0.39, 0.29) is 35.1 Å². The molecule has 3 aromatic rings. The predicted molar refractivity (Wildman–Crippen MR) is 155 cm³/mol. The van der Waals surface area contributed by atoms with Crippen LogP contribution in [0.5, 0.6) is 0 Å². The number of hydrogen-bond acceptors (Lipinski definition) is 6. The summed E-state index contributed by atoms with van der Waals surface area (Å²) in [5.41, 5.74) is 4.62. The Labute approximate surface area is 240 Å². The Kier molecular flexibility index (Phi) is 7.10. The van der Waals surface area contributed by atoms with E-state index < -0.39 is 15.4 Å². The van der Waals surface area contributed by atoms with Crippen LogP contribution in [-0.4, -0.2) is 54.2 Å². The van der Waals surface area contributed by atoms with Crippen molar-refractivity contribution in [1.82, 2.24) is 15.1 Å². The van der Waals surface area contributed by atoms with Gasteiger partial charge < -0.3 is 10.2 Å². The van der Waals surface area contributed by atoms with Crippen LogP contribution in [0.2, 0.25) is 0 Å². The number of halogens is 1. The molecule has 1 saturated heterocycles. The van der Waals surface area contributed by atoms with E-state index in [0.29, 0.717) is 25.9 Å². The van der Waals surface area contributed by atoms with Gasteiger partial charge in [-0.05, 0) is 74.6 Å². The second kappa shape index (κ2) is 10.6. The molecule has 0 bridgehead atoms. The first-order chi connectivity index (χ1) is 19.7. The number of nitriles is 1. The summed E-state index contributed by atoms with van der Waals surface area (Å²) in [5, 5.41) is 17.7. The van der Waals surface area contributed by atoms with Gasteiger partial charge in [0.1, 0.15) is 11.4 Å². The van der Waals surface area contributed by atoms with E-state index in [1.165, 1.54) is 12.1 Å². The lowest BCUT2D eigenvalue weighted by molar-refractivity contribution is -0.127. The summed E-state index contributed by atoms with van der Waals surface area (Å²) in [5.74, 6) is -0.513. The van der Waals surface area contributed by atoms with Crippen molar-refractivity contribution in [3.8, 4) is 22.9 Å². The van der Waals surface area contributed by atoms with Crippen LogP contribution in [0.25, 0.3) is 16.8 Å². The Morgan fingerprint density at radius 2 is 1.66 bits per heavy atom. The highest BCUT2D eigenvalue weighted by Crippen LogP contribution is 2.44. The molecular formula is C31H34FN5O3S. The largest absolute Gasteiger partial charge is 0.369 e. The third-order valence-corrected chi connectivity index (χ3v) is 10.5. The molecule has 1 amide bonds. The quantitative estimate of drug-likeness (QED) is 0.458. The standard InChI is InChI=1S/C31H34FN5O3S/c1-21-28(22-6-10-24(11-7-22)36-16-18-41(39,40)19-17-36)29(35-37(21)25-12-8-23(32)9-13-25)26-4-2-3-5-27(26)30(38)34-31(20-33)14-15-31/h6-13,26-27H,2-5,14-19H2,1H3,(H,34,38)/t26-,27-/m1/s1. The van der Waals surface area contributed by atoms with Crippen LogP contribution in [0.3, 0.4) is 0 Å². The van der Waals surface area contributed by atoms with Gasteiger partial charge in [-0.2, -0.15) is 10.4 Å². The summed E-state index contributed by atoms with van der Waals surface area (Å²) in [6.07, 6.45) is 4.84. The first-order valence-electron chi connectivity index (χ1n) is 14.3. The Morgan fingerprint density at radius 3 is 2.29 bits per heavy atom. The number of sulfone groups is 1. The van der Waals surface area contributed by atoms with E-state index in [2.05, 4.69) is 16.3 Å². The molecule has 2 saturated carbocycles. The van der Waals surface area contributed by atoms with Crippen molar-refractivity contribution >= 4 is 21.4 Å². The normalized spacial score (nSPS) is 23.0. The van der Waals surface area contributed by atoms with Crippen LogP contribution < -0.4 is 10.2 Å². The molecule has 1 aromatic heterocycles. The Morgan fingerprint density at radius 1 is 1.02 bits per heavy atom. The number of benzene rings is 2. The molecule has 2 heterocycles. The van der Waals surface area contributed by atoms with Gasteiger partial charge in [-0.3, -0.25) is 4.79 Å². The fourth-order valence-corrected chi connectivity index (χ4v) is 7.48. The van der Waals surface area contributed by atoms with E-state index >= 15 is 0 Å². The Balaban J connectivity index is 1.38. The smallest absolute Gasteiger partial charge is 0.225 e. The number of anilines is 1. The van der Waals surface area contributed by atoms with E-state index in [4.69, 9.17) is 5.10 Å². The van der Waals surface area contributed by atoms with E-state index in [0.717, 1.165) is 59.6 Å². The van der Waals surface area contributed by atoms with Gasteiger partial charge in [0.2, 0.25) is 5.91 Å². The number of hydrogen-bond donors (Lipinski definition) is 1. The Bertz CT molecular complexity index is 1590. The molecule has 6 rings (SSSR count). The molecule has 1 N–H and O–H groups in total. The second-order valence-corrected chi connectivity index (χ2v) is 13.9. The highest BCUT2D eigenvalue weighted by molar-refractivity contribution is 7.91. The fraction of sp³-hybridized carbons (Fsp3) is 0.452. The van der Waals surface area contributed by atoms with E-state index in [1.54, 1.807) is 12.1 Å². The summed E-state index contributed by atoms with van der Waals surface area (Å²) in [4.78, 5) is 15.6. The molecule has 214 valence electrons. The number of aromatic nitrogens is 2. The van der Waals surface area contributed by atoms with Gasteiger partial charge >= 0.3 is 0 Å². The average molecular weight is 576 g/mol. The number of amides is 1.